The lowest BCUT2D eigenvalue weighted by Crippen LogP contribution is -2.35. The molecule has 2 aromatic rings. The van der Waals surface area contributed by atoms with Crippen molar-refractivity contribution in [1.29, 1.82) is 0 Å². The quantitative estimate of drug-likeness (QED) is 0.895. The Morgan fingerprint density at radius 3 is 2.62 bits per heavy atom. The van der Waals surface area contributed by atoms with E-state index in [9.17, 15) is 9.59 Å². The van der Waals surface area contributed by atoms with Crippen molar-refractivity contribution in [3.05, 3.63) is 47.9 Å². The van der Waals surface area contributed by atoms with E-state index < -0.39 is 5.97 Å². The van der Waals surface area contributed by atoms with Crippen LogP contribution in [0.3, 0.4) is 0 Å². The first kappa shape index (κ1) is 15.9. The lowest BCUT2D eigenvalue weighted by Gasteiger charge is -2.22. The molecule has 0 saturated carbocycles. The van der Waals surface area contributed by atoms with Crippen LogP contribution < -0.4 is 4.90 Å². The molecule has 0 bridgehead atoms. The Labute approximate surface area is 138 Å². The summed E-state index contributed by atoms with van der Waals surface area (Å²) in [6.45, 7) is 2.68. The zero-order chi connectivity index (χ0) is 16.9. The van der Waals surface area contributed by atoms with Crippen molar-refractivity contribution in [3.8, 4) is 0 Å². The lowest BCUT2D eigenvalue weighted by molar-refractivity contribution is 0.0687. The van der Waals surface area contributed by atoms with Crippen molar-refractivity contribution in [1.82, 2.24) is 20.1 Å². The summed E-state index contributed by atoms with van der Waals surface area (Å²) < 4.78 is 0. The molecular weight excluding hydrogens is 310 g/mol. The number of nitrogens with zero attached hydrogens (tertiary/aromatic N) is 5. The summed E-state index contributed by atoms with van der Waals surface area (Å²) in [4.78, 5) is 31.1. The van der Waals surface area contributed by atoms with Crippen LogP contribution in [-0.4, -0.2) is 63.2 Å². The Hall–Kier alpha value is -3.03. The van der Waals surface area contributed by atoms with Gasteiger partial charge in [-0.2, -0.15) is 5.10 Å². The number of carboxylic acid groups (broad SMARTS) is 1. The Morgan fingerprint density at radius 1 is 1.08 bits per heavy atom. The maximum absolute atomic E-state index is 12.6. The fourth-order valence-corrected chi connectivity index (χ4v) is 2.64. The molecule has 124 valence electrons. The standard InChI is InChI=1S/C16H17N5O3/c22-15(12-4-5-13(16(23)24)17-11-12)21-8-2-7-20(9-10-21)14-3-1-6-18-19-14/h1,3-6,11H,2,7-10H2,(H,23,24). The summed E-state index contributed by atoms with van der Waals surface area (Å²) in [5.74, 6) is -0.442. The van der Waals surface area contributed by atoms with Gasteiger partial charge in [0.15, 0.2) is 5.82 Å². The molecule has 2 aromatic heterocycles. The molecule has 0 unspecified atom stereocenters. The van der Waals surface area contributed by atoms with Gasteiger partial charge in [0.05, 0.1) is 5.56 Å². The Kier molecular flexibility index (Phi) is 4.64. The predicted molar refractivity (Wildman–Crippen MR) is 86.0 cm³/mol. The third-order valence-corrected chi connectivity index (χ3v) is 3.89. The summed E-state index contributed by atoms with van der Waals surface area (Å²) in [7, 11) is 0. The first-order chi connectivity index (χ1) is 11.6. The van der Waals surface area contributed by atoms with Crippen LogP contribution in [0.5, 0.6) is 0 Å². The maximum atomic E-state index is 12.6. The predicted octanol–water partition coefficient (Wildman–Crippen LogP) is 0.922. The molecule has 3 rings (SSSR count). The molecule has 1 amide bonds. The molecule has 0 atom stereocenters. The fourth-order valence-electron chi connectivity index (χ4n) is 2.64. The van der Waals surface area contributed by atoms with E-state index in [4.69, 9.17) is 5.11 Å². The zero-order valence-corrected chi connectivity index (χ0v) is 13.0. The van der Waals surface area contributed by atoms with Gasteiger partial charge < -0.3 is 14.9 Å². The van der Waals surface area contributed by atoms with Crippen molar-refractivity contribution in [2.24, 2.45) is 0 Å². The SMILES string of the molecule is O=C(O)c1ccc(C(=O)N2CCCN(c3cccnn3)CC2)cn1. The Morgan fingerprint density at radius 2 is 1.96 bits per heavy atom. The van der Waals surface area contributed by atoms with Gasteiger partial charge >= 0.3 is 5.97 Å². The molecule has 1 N–H and O–H groups in total. The minimum atomic E-state index is -1.11. The van der Waals surface area contributed by atoms with Crippen LogP contribution in [0.25, 0.3) is 0 Å². The molecule has 1 aliphatic rings. The van der Waals surface area contributed by atoms with E-state index >= 15 is 0 Å². The molecule has 1 saturated heterocycles. The van der Waals surface area contributed by atoms with Crippen LogP contribution in [0, 0.1) is 0 Å². The number of anilines is 1. The summed E-state index contributed by atoms with van der Waals surface area (Å²) >= 11 is 0. The van der Waals surface area contributed by atoms with Gasteiger partial charge in [0.25, 0.3) is 5.91 Å². The first-order valence-corrected chi connectivity index (χ1v) is 7.66. The summed E-state index contributed by atoms with van der Waals surface area (Å²) in [5.41, 5.74) is 0.323. The monoisotopic (exact) mass is 327 g/mol. The van der Waals surface area contributed by atoms with Gasteiger partial charge in [0.2, 0.25) is 0 Å². The largest absolute Gasteiger partial charge is 0.477 e. The topological polar surface area (TPSA) is 99.5 Å². The molecule has 8 nitrogen and oxygen atoms in total. The third kappa shape index (κ3) is 3.48. The third-order valence-electron chi connectivity index (χ3n) is 3.89. The fraction of sp³-hybridized carbons (Fsp3) is 0.312. The van der Waals surface area contributed by atoms with E-state index in [-0.39, 0.29) is 11.6 Å². The Bertz CT molecular complexity index is 720. The minimum Gasteiger partial charge on any atom is -0.477 e. The molecule has 0 aliphatic carbocycles. The van der Waals surface area contributed by atoms with Gasteiger partial charge in [-0.1, -0.05) is 0 Å². The first-order valence-electron chi connectivity index (χ1n) is 7.66. The van der Waals surface area contributed by atoms with Gasteiger partial charge in [0.1, 0.15) is 5.69 Å². The number of hydrogen-bond acceptors (Lipinski definition) is 6. The molecule has 0 spiro atoms. The normalized spacial score (nSPS) is 15.0. The second-order valence-corrected chi connectivity index (χ2v) is 5.45. The van der Waals surface area contributed by atoms with Gasteiger partial charge in [-0.15, -0.1) is 5.10 Å². The molecule has 0 radical (unpaired) electrons. The highest BCUT2D eigenvalue weighted by Gasteiger charge is 2.21. The second kappa shape index (κ2) is 7.03. The molecular formula is C16H17N5O3. The zero-order valence-electron chi connectivity index (χ0n) is 13.0. The molecule has 24 heavy (non-hydrogen) atoms. The number of carbonyl (C=O) groups is 2. The number of carbonyl (C=O) groups excluding carboxylic acids is 1. The average molecular weight is 327 g/mol. The van der Waals surface area contributed by atoms with Crippen LogP contribution in [0.4, 0.5) is 5.82 Å². The smallest absolute Gasteiger partial charge is 0.354 e. The van der Waals surface area contributed by atoms with Crippen LogP contribution >= 0.6 is 0 Å². The van der Waals surface area contributed by atoms with E-state index in [2.05, 4.69) is 20.1 Å². The molecule has 8 heteroatoms. The molecule has 0 aromatic carbocycles. The highest BCUT2D eigenvalue weighted by molar-refractivity contribution is 5.95. The average Bonchev–Trinajstić information content (AvgIpc) is 2.88. The van der Waals surface area contributed by atoms with Crippen LogP contribution in [-0.2, 0) is 0 Å². The van der Waals surface area contributed by atoms with Crippen molar-refractivity contribution >= 4 is 17.7 Å². The summed E-state index contributed by atoms with van der Waals surface area (Å²) in [6, 6.07) is 6.59. The van der Waals surface area contributed by atoms with Gasteiger partial charge in [0, 0.05) is 38.6 Å². The number of pyridine rings is 1. The van der Waals surface area contributed by atoms with Crippen molar-refractivity contribution in [2.75, 3.05) is 31.1 Å². The number of hydrogen-bond donors (Lipinski definition) is 1. The van der Waals surface area contributed by atoms with E-state index in [1.807, 2.05) is 12.1 Å². The highest BCUT2D eigenvalue weighted by Crippen LogP contribution is 2.14. The minimum absolute atomic E-state index is 0.0729. The molecule has 3 heterocycles. The molecule has 1 fully saturated rings. The molecule has 1 aliphatic heterocycles. The van der Waals surface area contributed by atoms with E-state index in [0.717, 1.165) is 18.8 Å². The maximum Gasteiger partial charge on any atom is 0.354 e. The number of rotatable bonds is 3. The highest BCUT2D eigenvalue weighted by atomic mass is 16.4. The van der Waals surface area contributed by atoms with Crippen LogP contribution in [0.2, 0.25) is 0 Å². The van der Waals surface area contributed by atoms with Crippen molar-refractivity contribution in [2.45, 2.75) is 6.42 Å². The lowest BCUT2D eigenvalue weighted by atomic mass is 10.2. The van der Waals surface area contributed by atoms with Crippen molar-refractivity contribution < 1.29 is 14.7 Å². The number of amides is 1. The summed E-state index contributed by atoms with van der Waals surface area (Å²) in [6.07, 6.45) is 3.77. The van der Waals surface area contributed by atoms with Gasteiger partial charge in [-0.25, -0.2) is 9.78 Å². The number of aromatic nitrogens is 3. The van der Waals surface area contributed by atoms with E-state index in [1.54, 1.807) is 11.1 Å². The van der Waals surface area contributed by atoms with Crippen LogP contribution in [0.15, 0.2) is 36.7 Å². The number of carboxylic acids is 1. The Balaban J connectivity index is 1.67. The van der Waals surface area contributed by atoms with Crippen LogP contribution in [0.1, 0.15) is 27.3 Å². The van der Waals surface area contributed by atoms with E-state index in [1.165, 1.54) is 18.3 Å². The number of aromatic carboxylic acids is 1. The van der Waals surface area contributed by atoms with Gasteiger partial charge in [-0.3, -0.25) is 4.79 Å². The van der Waals surface area contributed by atoms with E-state index in [0.29, 0.717) is 25.2 Å². The summed E-state index contributed by atoms with van der Waals surface area (Å²) in [5, 5.41) is 16.9. The second-order valence-electron chi connectivity index (χ2n) is 5.45. The van der Waals surface area contributed by atoms with Gasteiger partial charge in [-0.05, 0) is 30.7 Å². The van der Waals surface area contributed by atoms with Crippen molar-refractivity contribution in [3.63, 3.8) is 0 Å².